The van der Waals surface area contributed by atoms with Crippen LogP contribution in [0.25, 0.3) is 0 Å². The molecule has 0 aromatic carbocycles. The van der Waals surface area contributed by atoms with E-state index in [4.69, 9.17) is 9.84 Å². The van der Waals surface area contributed by atoms with E-state index in [1.807, 2.05) is 0 Å². The molecular weight excluding hydrogens is 274 g/mol. The Bertz CT molecular complexity index is 529. The molecule has 2 saturated heterocycles. The maximum atomic E-state index is 6.02. The molecule has 4 nitrogen and oxygen atoms in total. The van der Waals surface area contributed by atoms with Gasteiger partial charge in [0.2, 0.25) is 0 Å². The van der Waals surface area contributed by atoms with Crippen LogP contribution in [0.3, 0.4) is 0 Å². The largest absolute Gasteiger partial charge is 0.377 e. The van der Waals surface area contributed by atoms with E-state index in [1.165, 1.54) is 36.3 Å². The zero-order chi connectivity index (χ0) is 15.9. The van der Waals surface area contributed by atoms with Gasteiger partial charge in [-0.1, -0.05) is 27.7 Å². The maximum absolute atomic E-state index is 6.02. The van der Waals surface area contributed by atoms with Crippen molar-refractivity contribution in [2.45, 2.75) is 72.1 Å². The predicted octanol–water partition coefficient (Wildman–Crippen LogP) is 2.93. The van der Waals surface area contributed by atoms with E-state index in [1.54, 1.807) is 0 Å². The number of aryl methyl sites for hydroxylation is 2. The summed E-state index contributed by atoms with van der Waals surface area (Å²) in [6.45, 7) is 12.4. The summed E-state index contributed by atoms with van der Waals surface area (Å²) in [4.78, 5) is 2.63. The lowest BCUT2D eigenvalue weighted by atomic mass is 9.71. The van der Waals surface area contributed by atoms with Gasteiger partial charge in [0.1, 0.15) is 0 Å². The first-order valence-corrected chi connectivity index (χ1v) is 8.87. The molecule has 3 rings (SSSR count). The summed E-state index contributed by atoms with van der Waals surface area (Å²) in [6.07, 6.45) is 4.94. The number of hydrogen-bond acceptors (Lipinski definition) is 3. The molecule has 124 valence electrons. The second kappa shape index (κ2) is 5.97. The van der Waals surface area contributed by atoms with Crippen molar-refractivity contribution in [3.8, 4) is 0 Å². The van der Waals surface area contributed by atoms with Gasteiger partial charge in [0, 0.05) is 44.0 Å². The highest BCUT2D eigenvalue weighted by molar-refractivity contribution is 5.27. The third-order valence-electron chi connectivity index (χ3n) is 5.51. The Morgan fingerprint density at radius 3 is 2.59 bits per heavy atom. The van der Waals surface area contributed by atoms with E-state index in [2.05, 4.69) is 44.3 Å². The molecule has 0 spiro atoms. The summed E-state index contributed by atoms with van der Waals surface area (Å²) in [6, 6.07) is 0.560. The minimum atomic E-state index is 0.371. The van der Waals surface area contributed by atoms with E-state index in [0.717, 1.165) is 26.0 Å². The van der Waals surface area contributed by atoms with Crippen molar-refractivity contribution < 1.29 is 4.74 Å². The summed E-state index contributed by atoms with van der Waals surface area (Å²) < 4.78 is 8.10. The van der Waals surface area contributed by atoms with Crippen molar-refractivity contribution in [3.63, 3.8) is 0 Å². The van der Waals surface area contributed by atoms with E-state index in [-0.39, 0.29) is 0 Å². The zero-order valence-electron chi connectivity index (χ0n) is 14.9. The van der Waals surface area contributed by atoms with E-state index in [9.17, 15) is 0 Å². The van der Waals surface area contributed by atoms with Crippen LogP contribution in [0.1, 0.15) is 57.5 Å². The molecule has 0 amide bonds. The standard InChI is InChI=1S/C18H31N3O/c1-6-14-13(15(7-2)20(5)19-14)11-21-12-18(3,4)17(21)16-9-8-10-22-16/h16-17H,6-12H2,1-5H3/t16-,17+/m1/s1. The number of likely N-dealkylation sites (tertiary alicyclic amines) is 1. The van der Waals surface area contributed by atoms with E-state index < -0.39 is 0 Å². The van der Waals surface area contributed by atoms with Gasteiger partial charge in [0.25, 0.3) is 0 Å². The Balaban J connectivity index is 1.81. The maximum Gasteiger partial charge on any atom is 0.0736 e. The van der Waals surface area contributed by atoms with Gasteiger partial charge >= 0.3 is 0 Å². The van der Waals surface area contributed by atoms with Crippen LogP contribution >= 0.6 is 0 Å². The molecule has 22 heavy (non-hydrogen) atoms. The smallest absolute Gasteiger partial charge is 0.0736 e. The van der Waals surface area contributed by atoms with Gasteiger partial charge in [0.05, 0.1) is 11.8 Å². The van der Waals surface area contributed by atoms with Gasteiger partial charge in [-0.2, -0.15) is 5.10 Å². The minimum absolute atomic E-state index is 0.371. The highest BCUT2D eigenvalue weighted by atomic mass is 16.5. The summed E-state index contributed by atoms with van der Waals surface area (Å²) in [7, 11) is 2.08. The molecule has 0 aliphatic carbocycles. The molecule has 1 aromatic heterocycles. The molecule has 2 atom stereocenters. The summed E-state index contributed by atoms with van der Waals surface area (Å²) in [5.74, 6) is 0. The SMILES string of the molecule is CCc1nn(C)c(CC)c1CN1CC(C)(C)[C@@H]1[C@H]1CCCO1. The van der Waals surface area contributed by atoms with Crippen molar-refractivity contribution >= 4 is 0 Å². The number of aromatic nitrogens is 2. The molecule has 4 heteroatoms. The van der Waals surface area contributed by atoms with Gasteiger partial charge in [0.15, 0.2) is 0 Å². The molecular formula is C18H31N3O. The van der Waals surface area contributed by atoms with Crippen LogP contribution in [0.15, 0.2) is 0 Å². The highest BCUT2D eigenvalue weighted by Gasteiger charge is 2.50. The van der Waals surface area contributed by atoms with Crippen LogP contribution in [0, 0.1) is 5.41 Å². The third-order valence-corrected chi connectivity index (χ3v) is 5.51. The zero-order valence-corrected chi connectivity index (χ0v) is 14.9. The Labute approximate surface area is 134 Å². The second-order valence-electron chi connectivity index (χ2n) is 7.59. The molecule has 1 aromatic rings. The van der Waals surface area contributed by atoms with Crippen LogP contribution in [0.2, 0.25) is 0 Å². The Hall–Kier alpha value is -0.870. The molecule has 2 fully saturated rings. The molecule has 0 unspecified atom stereocenters. The molecule has 0 bridgehead atoms. The van der Waals surface area contributed by atoms with Crippen molar-refractivity contribution in [2.75, 3.05) is 13.2 Å². The number of rotatable bonds is 5. The first-order valence-electron chi connectivity index (χ1n) is 8.87. The van der Waals surface area contributed by atoms with Crippen LogP contribution < -0.4 is 0 Å². The normalized spacial score (nSPS) is 28.0. The fraction of sp³-hybridized carbons (Fsp3) is 0.833. The molecule has 0 saturated carbocycles. The molecule has 2 aliphatic heterocycles. The van der Waals surface area contributed by atoms with Gasteiger partial charge < -0.3 is 4.74 Å². The van der Waals surface area contributed by atoms with Gasteiger partial charge in [-0.25, -0.2) is 0 Å². The van der Waals surface area contributed by atoms with E-state index >= 15 is 0 Å². The number of nitrogens with zero attached hydrogens (tertiary/aromatic N) is 3. The Morgan fingerprint density at radius 2 is 2.05 bits per heavy atom. The minimum Gasteiger partial charge on any atom is -0.377 e. The van der Waals surface area contributed by atoms with Crippen LogP contribution in [-0.4, -0.2) is 40.0 Å². The summed E-state index contributed by atoms with van der Waals surface area (Å²) >= 11 is 0. The second-order valence-corrected chi connectivity index (χ2v) is 7.59. The fourth-order valence-electron chi connectivity index (χ4n) is 4.62. The van der Waals surface area contributed by atoms with Crippen molar-refractivity contribution in [1.29, 1.82) is 0 Å². The monoisotopic (exact) mass is 305 g/mol. The average molecular weight is 305 g/mol. The van der Waals surface area contributed by atoms with Crippen LogP contribution in [0.4, 0.5) is 0 Å². The predicted molar refractivity (Wildman–Crippen MR) is 88.9 cm³/mol. The van der Waals surface area contributed by atoms with Gasteiger partial charge in [-0.05, 0) is 31.1 Å². The Kier molecular flexibility index (Phi) is 4.34. The lowest BCUT2D eigenvalue weighted by molar-refractivity contribution is -0.122. The third kappa shape index (κ3) is 2.61. The van der Waals surface area contributed by atoms with Gasteiger partial charge in [-0.3, -0.25) is 9.58 Å². The van der Waals surface area contributed by atoms with Gasteiger partial charge in [-0.15, -0.1) is 0 Å². The van der Waals surface area contributed by atoms with Crippen molar-refractivity contribution in [1.82, 2.24) is 14.7 Å². The summed E-state index contributed by atoms with van der Waals surface area (Å²) in [5, 5.41) is 4.73. The highest BCUT2D eigenvalue weighted by Crippen LogP contribution is 2.43. The van der Waals surface area contributed by atoms with E-state index in [0.29, 0.717) is 17.6 Å². The first-order chi connectivity index (χ1) is 10.5. The number of hydrogen-bond donors (Lipinski definition) is 0. The summed E-state index contributed by atoms with van der Waals surface area (Å²) in [5.41, 5.74) is 4.50. The van der Waals surface area contributed by atoms with Crippen molar-refractivity contribution in [3.05, 3.63) is 17.0 Å². The van der Waals surface area contributed by atoms with Crippen LogP contribution in [-0.2, 0) is 31.2 Å². The van der Waals surface area contributed by atoms with Crippen LogP contribution in [0.5, 0.6) is 0 Å². The fourth-order valence-corrected chi connectivity index (χ4v) is 4.62. The average Bonchev–Trinajstić information content (AvgIpc) is 3.05. The lowest BCUT2D eigenvalue weighted by Gasteiger charge is -2.56. The topological polar surface area (TPSA) is 30.3 Å². The quantitative estimate of drug-likeness (QED) is 0.838. The van der Waals surface area contributed by atoms with Crippen molar-refractivity contribution in [2.24, 2.45) is 12.5 Å². The molecule has 0 N–H and O–H groups in total. The first kappa shape index (κ1) is 16.0. The molecule has 3 heterocycles. The Morgan fingerprint density at radius 1 is 1.27 bits per heavy atom. The molecule has 0 radical (unpaired) electrons. The number of ether oxygens (including phenoxy) is 1. The molecule has 2 aliphatic rings. The lowest BCUT2D eigenvalue weighted by Crippen LogP contribution is -2.65.